The maximum Gasteiger partial charge on any atom is 0.416 e. The van der Waals surface area contributed by atoms with Crippen molar-refractivity contribution in [3.8, 4) is 11.8 Å². The smallest absolute Gasteiger partial charge is 0.416 e. The molecular formula is C61H86ClF3N10O12. The number of carbonyl (C=O) groups is 5. The Balaban J connectivity index is 0.920. The summed E-state index contributed by atoms with van der Waals surface area (Å²) in [5.74, 6) is 6.10. The Morgan fingerprint density at radius 3 is 1.92 bits per heavy atom. The van der Waals surface area contributed by atoms with Crippen LogP contribution in [0.2, 0.25) is 0 Å². The first kappa shape index (κ1) is 72.7. The van der Waals surface area contributed by atoms with Gasteiger partial charge in [-0.15, -0.1) is 11.6 Å². The van der Waals surface area contributed by atoms with Crippen molar-refractivity contribution in [2.75, 3.05) is 156 Å². The standard InChI is InChI=1S/C61H86ClF3N10O12/c1-48-11-12-50(44-49(48)13-16-53-46-71-55(72-53)10-8-21-66)59(79)73-52-15-14-51(54(45-52)61(63,64)65)47-75-29-27-74(28-30-75)26-9-24-69-58(78)19-34-83-38-37-82-32-17-56(76)67-22-5-6-23-68-57(77)18-33-84-39-41-86-42-43-87-60(80)70-25-35-85-40-36-81-31-7-3-2-4-20-62/h5-6,8,10-12,14-15,21,44-46,66H,2-4,7,9,17-20,22-43,47H2,1H3,(H,67,76)(H,68,77)(H,69,78)(H,70,80)(H,71,72)(H,73,79)/b6-5+,10-8-,66-21?. The molecule has 1 aliphatic heterocycles. The Morgan fingerprint density at radius 2 is 1.28 bits per heavy atom. The van der Waals surface area contributed by atoms with Crippen LogP contribution in [0.5, 0.6) is 0 Å². The average molecular weight is 1240 g/mol. The number of ether oxygens (including phenoxy) is 7. The molecule has 480 valence electrons. The molecular weight excluding hydrogens is 1160 g/mol. The van der Waals surface area contributed by atoms with Crippen LogP contribution in [-0.2, 0) is 60.3 Å². The minimum atomic E-state index is -4.65. The molecule has 1 aromatic heterocycles. The Hall–Kier alpha value is -6.73. The molecule has 2 heterocycles. The lowest BCUT2D eigenvalue weighted by Gasteiger charge is -2.35. The summed E-state index contributed by atoms with van der Waals surface area (Å²) in [6.45, 7) is 10.5. The van der Waals surface area contributed by atoms with Crippen LogP contribution in [0.25, 0.3) is 6.08 Å². The van der Waals surface area contributed by atoms with Crippen LogP contribution in [0.15, 0.2) is 60.8 Å². The molecule has 0 saturated carbocycles. The van der Waals surface area contributed by atoms with Gasteiger partial charge >= 0.3 is 12.3 Å². The van der Waals surface area contributed by atoms with Gasteiger partial charge in [0.2, 0.25) is 17.7 Å². The number of aromatic amines is 1. The van der Waals surface area contributed by atoms with E-state index >= 15 is 0 Å². The second-order valence-electron chi connectivity index (χ2n) is 19.8. The number of hydrogen-bond acceptors (Lipinski definition) is 16. The van der Waals surface area contributed by atoms with Crippen molar-refractivity contribution < 1.29 is 70.3 Å². The lowest BCUT2D eigenvalue weighted by Crippen LogP contribution is -2.46. The molecule has 0 atom stereocenters. The van der Waals surface area contributed by atoms with Crippen molar-refractivity contribution in [3.63, 3.8) is 0 Å². The highest BCUT2D eigenvalue weighted by molar-refractivity contribution is 6.17. The molecule has 1 fully saturated rings. The molecule has 2 aromatic carbocycles. The lowest BCUT2D eigenvalue weighted by molar-refractivity contribution is -0.138. The number of H-pyrrole nitrogens is 1. The van der Waals surface area contributed by atoms with Crippen LogP contribution in [0.4, 0.5) is 23.7 Å². The number of aromatic nitrogens is 2. The Labute approximate surface area is 513 Å². The second kappa shape index (κ2) is 44.7. The van der Waals surface area contributed by atoms with E-state index in [1.807, 2.05) is 11.8 Å². The fraction of sp³-hybridized carbons (Fsp3) is 0.557. The first-order valence-corrected chi connectivity index (χ1v) is 30.0. The minimum Gasteiger partial charge on any atom is -0.447 e. The number of rotatable bonds is 44. The summed E-state index contributed by atoms with van der Waals surface area (Å²) in [6, 6.07) is 8.76. The van der Waals surface area contributed by atoms with Crippen LogP contribution in [0.3, 0.4) is 0 Å². The van der Waals surface area contributed by atoms with Gasteiger partial charge in [-0.05, 0) is 86.2 Å². The van der Waals surface area contributed by atoms with Gasteiger partial charge < -0.3 is 75.0 Å². The molecule has 0 aliphatic carbocycles. The van der Waals surface area contributed by atoms with Crippen molar-refractivity contribution in [1.82, 2.24) is 41.0 Å². The van der Waals surface area contributed by atoms with E-state index in [4.69, 9.17) is 50.2 Å². The van der Waals surface area contributed by atoms with E-state index in [2.05, 4.69) is 53.3 Å². The highest BCUT2D eigenvalue weighted by Crippen LogP contribution is 2.35. The van der Waals surface area contributed by atoms with Gasteiger partial charge in [0.15, 0.2) is 0 Å². The van der Waals surface area contributed by atoms with Gasteiger partial charge in [-0.2, -0.15) is 13.2 Å². The largest absolute Gasteiger partial charge is 0.447 e. The Morgan fingerprint density at radius 1 is 0.678 bits per heavy atom. The lowest BCUT2D eigenvalue weighted by atomic mass is 10.0. The number of carbonyl (C=O) groups excluding carboxylic acids is 5. The molecule has 1 saturated heterocycles. The number of nitrogens with one attached hydrogen (secondary N) is 7. The van der Waals surface area contributed by atoms with Gasteiger partial charge in [0.05, 0.1) is 84.4 Å². The fourth-order valence-electron chi connectivity index (χ4n) is 8.22. The van der Waals surface area contributed by atoms with E-state index in [-0.39, 0.29) is 120 Å². The summed E-state index contributed by atoms with van der Waals surface area (Å²) >= 11 is 5.66. The second-order valence-corrected chi connectivity index (χ2v) is 20.2. The van der Waals surface area contributed by atoms with E-state index in [0.29, 0.717) is 108 Å². The van der Waals surface area contributed by atoms with Crippen molar-refractivity contribution in [2.24, 2.45) is 0 Å². The topological polar surface area (TPSA) is 269 Å². The summed E-state index contributed by atoms with van der Waals surface area (Å²) < 4.78 is 80.9. The van der Waals surface area contributed by atoms with Crippen LogP contribution < -0.4 is 26.6 Å². The molecule has 26 heteroatoms. The molecule has 22 nitrogen and oxygen atoms in total. The number of aryl methyl sites for hydroxylation is 1. The van der Waals surface area contributed by atoms with Crippen molar-refractivity contribution >= 4 is 59.3 Å². The maximum absolute atomic E-state index is 14.4. The van der Waals surface area contributed by atoms with E-state index in [1.165, 1.54) is 18.2 Å². The number of alkyl carbamates (subject to hydrolysis) is 1. The normalized spacial score (nSPS) is 12.9. The van der Waals surface area contributed by atoms with Gasteiger partial charge in [-0.1, -0.05) is 43.0 Å². The fourth-order valence-corrected chi connectivity index (χ4v) is 8.41. The summed E-state index contributed by atoms with van der Waals surface area (Å²) in [7, 11) is 0. The summed E-state index contributed by atoms with van der Waals surface area (Å²) in [5.41, 5.74) is 1.46. The van der Waals surface area contributed by atoms with E-state index < -0.39 is 23.7 Å². The quantitative estimate of drug-likeness (QED) is 0.0108. The molecule has 0 spiro atoms. The van der Waals surface area contributed by atoms with Crippen molar-refractivity contribution in [2.45, 2.75) is 71.0 Å². The number of nitrogens with zero attached hydrogens (tertiary/aromatic N) is 3. The molecule has 5 amide bonds. The highest BCUT2D eigenvalue weighted by atomic mass is 35.5. The number of benzene rings is 2. The number of imidazole rings is 1. The monoisotopic (exact) mass is 1240 g/mol. The summed E-state index contributed by atoms with van der Waals surface area (Å²) in [4.78, 5) is 72.9. The zero-order valence-corrected chi connectivity index (χ0v) is 50.6. The molecule has 7 N–H and O–H groups in total. The number of unbranched alkanes of at least 4 members (excludes halogenated alkanes) is 3. The molecule has 1 aliphatic rings. The predicted molar refractivity (Wildman–Crippen MR) is 325 cm³/mol. The SMILES string of the molecule is Cc1ccc(C(=O)Nc2ccc(CN3CCN(CCCNC(=O)CCOCCOCCC(=O)NC/C=C/CNC(=O)CCOCCOCCOC(=O)NCCOCCOCCCCCCCl)CC3)c(C(F)(F)F)c2)cc1C#Cc1cnc(/C=C\C=N)[nH]1. The first-order chi connectivity index (χ1) is 42.2. The molecule has 0 radical (unpaired) electrons. The molecule has 3 aromatic rings. The number of amides is 5. The van der Waals surface area contributed by atoms with Gasteiger partial charge in [0.1, 0.15) is 18.1 Å². The molecule has 0 bridgehead atoms. The van der Waals surface area contributed by atoms with Crippen LogP contribution in [-0.4, -0.2) is 206 Å². The number of halogens is 4. The molecule has 0 unspecified atom stereocenters. The van der Waals surface area contributed by atoms with Gasteiger partial charge in [-0.3, -0.25) is 24.1 Å². The number of hydrogen-bond donors (Lipinski definition) is 7. The predicted octanol–water partition coefficient (Wildman–Crippen LogP) is 6.26. The zero-order valence-electron chi connectivity index (χ0n) is 49.8. The molecule has 87 heavy (non-hydrogen) atoms. The van der Waals surface area contributed by atoms with Gasteiger partial charge in [0.25, 0.3) is 5.91 Å². The highest BCUT2D eigenvalue weighted by Gasteiger charge is 2.34. The van der Waals surface area contributed by atoms with Gasteiger partial charge in [-0.25, -0.2) is 9.78 Å². The molecule has 4 rings (SSSR count). The zero-order chi connectivity index (χ0) is 62.6. The number of anilines is 1. The van der Waals surface area contributed by atoms with Crippen LogP contribution in [0, 0.1) is 24.2 Å². The number of piperazine rings is 1. The number of alkyl halides is 4. The summed E-state index contributed by atoms with van der Waals surface area (Å²) in [6.07, 6.45) is 9.54. The van der Waals surface area contributed by atoms with E-state index in [1.54, 1.807) is 42.6 Å². The third kappa shape index (κ3) is 33.8. The Bertz CT molecular complexity index is 2640. The van der Waals surface area contributed by atoms with E-state index in [0.717, 1.165) is 50.1 Å². The maximum atomic E-state index is 14.4. The number of allylic oxidation sites excluding steroid dienone is 1. The van der Waals surface area contributed by atoms with Crippen molar-refractivity contribution in [1.29, 1.82) is 5.41 Å². The summed E-state index contributed by atoms with van der Waals surface area (Å²) in [5, 5.41) is 20.7. The van der Waals surface area contributed by atoms with Gasteiger partial charge in [0, 0.05) is 114 Å². The minimum absolute atomic E-state index is 0.0190. The average Bonchev–Trinajstić information content (AvgIpc) is 2.84. The van der Waals surface area contributed by atoms with Crippen LogP contribution >= 0.6 is 11.6 Å². The van der Waals surface area contributed by atoms with Crippen LogP contribution in [0.1, 0.15) is 95.5 Å². The third-order valence-electron chi connectivity index (χ3n) is 13.0. The Kier molecular flexibility index (Phi) is 37.3. The first-order valence-electron chi connectivity index (χ1n) is 29.4. The van der Waals surface area contributed by atoms with E-state index in [9.17, 15) is 37.1 Å². The van der Waals surface area contributed by atoms with Crippen molar-refractivity contribution in [3.05, 3.63) is 100 Å². The third-order valence-corrected chi connectivity index (χ3v) is 13.2.